The Morgan fingerprint density at radius 2 is 1.74 bits per heavy atom. The molecule has 2 unspecified atom stereocenters. The third-order valence-corrected chi connectivity index (χ3v) is 6.91. The van der Waals surface area contributed by atoms with Crippen molar-refractivity contribution in [2.75, 3.05) is 24.5 Å². The van der Waals surface area contributed by atoms with Crippen LogP contribution in [0.15, 0.2) is 48.8 Å². The van der Waals surface area contributed by atoms with Gasteiger partial charge in [0.2, 0.25) is 0 Å². The molecule has 3 heterocycles. The number of halogens is 1. The Hall–Kier alpha value is -3.47. The highest BCUT2D eigenvalue weighted by Gasteiger charge is 2.54. The van der Waals surface area contributed by atoms with Crippen LogP contribution in [0, 0.1) is 11.5 Å². The minimum Gasteiger partial charge on any atom is -0.338 e. The number of carbonyl (C=O) groups excluding carboxylic acids is 2. The average Bonchev–Trinajstić information content (AvgIpc) is 3.56. The van der Waals surface area contributed by atoms with Crippen LogP contribution < -0.4 is 4.90 Å². The van der Waals surface area contributed by atoms with Crippen LogP contribution in [0.5, 0.6) is 0 Å². The number of hydrogen-bond donors (Lipinski definition) is 0. The summed E-state index contributed by atoms with van der Waals surface area (Å²) in [6.45, 7) is 7.50. The predicted octanol–water partition coefficient (Wildman–Crippen LogP) is 4.10. The SMILES string of the molecule is CC(C)(C)c1ccc(N(C(=O)C2CCCN2C#N)C(F)(C(=O)N2CCCC2)c2cccnc2)cc1. The van der Waals surface area contributed by atoms with E-state index in [-0.39, 0.29) is 16.7 Å². The molecule has 2 aliphatic rings. The number of likely N-dealkylation sites (tertiary alicyclic amines) is 2. The number of rotatable bonds is 5. The van der Waals surface area contributed by atoms with E-state index in [0.717, 1.165) is 23.3 Å². The highest BCUT2D eigenvalue weighted by molar-refractivity contribution is 6.05. The normalized spacial score (nSPS) is 19.8. The van der Waals surface area contributed by atoms with Gasteiger partial charge in [0.25, 0.3) is 17.6 Å². The first kappa shape index (κ1) is 24.6. The number of amides is 2. The number of alkyl halides is 1. The van der Waals surface area contributed by atoms with E-state index in [9.17, 15) is 14.9 Å². The standard InChI is InChI=1S/C27H32FN5O2/c1-26(2,3)20-10-12-22(13-11-20)33(24(34)23-9-7-17-32(23)19-29)27(28,21-8-6-14-30-18-21)25(35)31-15-4-5-16-31/h6,8,10-14,18,23H,4-5,7,9,15-17H2,1-3H3. The van der Waals surface area contributed by atoms with Gasteiger partial charge in [-0.15, -0.1) is 0 Å². The van der Waals surface area contributed by atoms with Crippen LogP contribution in [0.3, 0.4) is 0 Å². The first-order valence-electron chi connectivity index (χ1n) is 12.2. The fourth-order valence-corrected chi connectivity index (χ4v) is 4.90. The fourth-order valence-electron chi connectivity index (χ4n) is 4.90. The van der Waals surface area contributed by atoms with Crippen molar-refractivity contribution in [3.05, 3.63) is 59.9 Å². The van der Waals surface area contributed by atoms with Gasteiger partial charge in [-0.3, -0.25) is 24.4 Å². The number of pyridine rings is 1. The topological polar surface area (TPSA) is 80.5 Å². The Kier molecular flexibility index (Phi) is 6.79. The van der Waals surface area contributed by atoms with Gasteiger partial charge in [0, 0.05) is 43.3 Å². The highest BCUT2D eigenvalue weighted by atomic mass is 19.1. The fraction of sp³-hybridized carbons (Fsp3) is 0.481. The Bertz CT molecular complexity index is 1100. The molecule has 8 heteroatoms. The van der Waals surface area contributed by atoms with Crippen LogP contribution in [0.2, 0.25) is 0 Å². The predicted molar refractivity (Wildman–Crippen MR) is 131 cm³/mol. The first-order valence-corrected chi connectivity index (χ1v) is 12.2. The molecule has 184 valence electrons. The van der Waals surface area contributed by atoms with Gasteiger partial charge < -0.3 is 4.90 Å². The average molecular weight is 478 g/mol. The molecule has 4 rings (SSSR count). The number of hydrogen-bond acceptors (Lipinski definition) is 5. The molecule has 0 bridgehead atoms. The minimum atomic E-state index is -2.80. The van der Waals surface area contributed by atoms with Gasteiger partial charge in [0.05, 0.1) is 0 Å². The van der Waals surface area contributed by atoms with Crippen LogP contribution in [0.25, 0.3) is 0 Å². The van der Waals surface area contributed by atoms with Crippen molar-refractivity contribution in [3.8, 4) is 6.19 Å². The quantitative estimate of drug-likeness (QED) is 0.478. The minimum absolute atomic E-state index is 0.00773. The van der Waals surface area contributed by atoms with Crippen molar-refractivity contribution in [2.24, 2.45) is 0 Å². The van der Waals surface area contributed by atoms with Crippen molar-refractivity contribution < 1.29 is 14.0 Å². The van der Waals surface area contributed by atoms with Gasteiger partial charge in [-0.05, 0) is 54.9 Å². The molecule has 0 aliphatic carbocycles. The summed E-state index contributed by atoms with van der Waals surface area (Å²) in [6.07, 6.45) is 7.50. The van der Waals surface area contributed by atoms with E-state index >= 15 is 4.39 Å². The van der Waals surface area contributed by atoms with Gasteiger partial charge >= 0.3 is 0 Å². The number of nitriles is 1. The summed E-state index contributed by atoms with van der Waals surface area (Å²) in [5.41, 5.74) is 1.14. The molecule has 0 spiro atoms. The lowest BCUT2D eigenvalue weighted by molar-refractivity contribution is -0.147. The zero-order chi connectivity index (χ0) is 25.2. The maximum atomic E-state index is 17.6. The highest BCUT2D eigenvalue weighted by Crippen LogP contribution is 2.40. The molecule has 2 amide bonds. The molecule has 2 atom stereocenters. The third-order valence-electron chi connectivity index (χ3n) is 6.91. The summed E-state index contributed by atoms with van der Waals surface area (Å²) in [4.78, 5) is 35.8. The number of nitrogens with zero attached hydrogens (tertiary/aromatic N) is 5. The van der Waals surface area contributed by atoms with Crippen LogP contribution in [-0.4, -0.2) is 52.3 Å². The smallest absolute Gasteiger partial charge is 0.295 e. The molecule has 0 N–H and O–H groups in total. The molecular formula is C27H32FN5O2. The van der Waals surface area contributed by atoms with Crippen LogP contribution in [0.4, 0.5) is 10.1 Å². The summed E-state index contributed by atoms with van der Waals surface area (Å²) in [5, 5.41) is 9.59. The summed E-state index contributed by atoms with van der Waals surface area (Å²) in [6, 6.07) is 9.30. The summed E-state index contributed by atoms with van der Waals surface area (Å²) in [7, 11) is 0. The molecule has 2 aliphatic heterocycles. The van der Waals surface area contributed by atoms with E-state index in [4.69, 9.17) is 0 Å². The molecule has 1 aromatic heterocycles. The van der Waals surface area contributed by atoms with Gasteiger partial charge in [-0.2, -0.15) is 5.26 Å². The molecule has 2 fully saturated rings. The maximum absolute atomic E-state index is 17.6. The van der Waals surface area contributed by atoms with Crippen molar-refractivity contribution in [1.29, 1.82) is 5.26 Å². The molecule has 1 aromatic carbocycles. The number of anilines is 1. The second kappa shape index (κ2) is 9.65. The van der Waals surface area contributed by atoms with Crippen molar-refractivity contribution in [2.45, 2.75) is 63.7 Å². The van der Waals surface area contributed by atoms with Crippen LogP contribution in [0.1, 0.15) is 57.6 Å². The van der Waals surface area contributed by atoms with Gasteiger partial charge in [-0.1, -0.05) is 39.0 Å². The van der Waals surface area contributed by atoms with Crippen LogP contribution >= 0.6 is 0 Å². The Labute approximate surface area is 206 Å². The molecule has 0 saturated carbocycles. The first-order chi connectivity index (χ1) is 16.7. The van der Waals surface area contributed by atoms with Gasteiger partial charge in [0.15, 0.2) is 6.19 Å². The van der Waals surface area contributed by atoms with Crippen molar-refractivity contribution in [3.63, 3.8) is 0 Å². The lowest BCUT2D eigenvalue weighted by Gasteiger charge is -2.40. The lowest BCUT2D eigenvalue weighted by atomic mass is 9.87. The zero-order valence-corrected chi connectivity index (χ0v) is 20.6. The maximum Gasteiger partial charge on any atom is 0.295 e. The zero-order valence-electron chi connectivity index (χ0n) is 20.6. The number of aromatic nitrogens is 1. The molecule has 2 aromatic rings. The second-order valence-corrected chi connectivity index (χ2v) is 10.3. The molecule has 0 radical (unpaired) electrons. The molecule has 7 nitrogen and oxygen atoms in total. The van der Waals surface area contributed by atoms with E-state index in [0.29, 0.717) is 32.5 Å². The summed E-state index contributed by atoms with van der Waals surface area (Å²) in [5.74, 6) is -4.19. The summed E-state index contributed by atoms with van der Waals surface area (Å²) >= 11 is 0. The molecule has 35 heavy (non-hydrogen) atoms. The van der Waals surface area contributed by atoms with Crippen molar-refractivity contribution >= 4 is 17.5 Å². The van der Waals surface area contributed by atoms with E-state index < -0.39 is 23.6 Å². The Morgan fingerprint density at radius 1 is 1.06 bits per heavy atom. The van der Waals surface area contributed by atoms with E-state index in [1.807, 2.05) is 12.1 Å². The lowest BCUT2D eigenvalue weighted by Crippen LogP contribution is -2.60. The molecular weight excluding hydrogens is 445 g/mol. The number of carbonyl (C=O) groups is 2. The van der Waals surface area contributed by atoms with Crippen molar-refractivity contribution in [1.82, 2.24) is 14.8 Å². The van der Waals surface area contributed by atoms with E-state index in [2.05, 4.69) is 31.9 Å². The Morgan fingerprint density at radius 3 is 2.31 bits per heavy atom. The van der Waals surface area contributed by atoms with Gasteiger partial charge in [0.1, 0.15) is 6.04 Å². The Balaban J connectivity index is 1.89. The van der Waals surface area contributed by atoms with E-state index in [1.54, 1.807) is 18.2 Å². The monoisotopic (exact) mass is 477 g/mol. The largest absolute Gasteiger partial charge is 0.338 e. The molecule has 2 saturated heterocycles. The van der Waals surface area contributed by atoms with Gasteiger partial charge in [-0.25, -0.2) is 4.39 Å². The third kappa shape index (κ3) is 4.60. The van der Waals surface area contributed by atoms with E-state index in [1.165, 1.54) is 28.3 Å². The number of benzene rings is 1. The summed E-state index contributed by atoms with van der Waals surface area (Å²) < 4.78 is 17.6. The van der Waals surface area contributed by atoms with Crippen LogP contribution in [-0.2, 0) is 20.8 Å². The second-order valence-electron chi connectivity index (χ2n) is 10.3.